The number of aromatic hydroxyl groups is 1. The molecule has 12 heteroatoms. The Morgan fingerprint density at radius 2 is 1.45 bits per heavy atom. The van der Waals surface area contributed by atoms with Gasteiger partial charge < -0.3 is 37.0 Å². The third kappa shape index (κ3) is 11.2. The number of carbonyl (C=O) groups excluding carboxylic acids is 3. The highest BCUT2D eigenvalue weighted by Crippen LogP contribution is 2.14. The van der Waals surface area contributed by atoms with Gasteiger partial charge in [-0.05, 0) is 42.4 Å². The van der Waals surface area contributed by atoms with Gasteiger partial charge in [-0.15, -0.1) is 0 Å². The van der Waals surface area contributed by atoms with E-state index in [1.807, 2.05) is 13.8 Å². The van der Waals surface area contributed by atoms with Gasteiger partial charge in [0.25, 0.3) is 0 Å². The lowest BCUT2D eigenvalue weighted by Gasteiger charge is -2.28. The number of benzene rings is 1. The minimum atomic E-state index is -1.31. The molecule has 0 saturated carbocycles. The van der Waals surface area contributed by atoms with E-state index in [4.69, 9.17) is 10.8 Å². The molecule has 3 amide bonds. The highest BCUT2D eigenvalue weighted by atomic mass is 16.4. The van der Waals surface area contributed by atoms with Gasteiger partial charge in [0.1, 0.15) is 23.9 Å². The van der Waals surface area contributed by atoms with Crippen molar-refractivity contribution in [2.75, 3.05) is 0 Å². The number of phenols is 1. The Hall–Kier alpha value is -3.67. The summed E-state index contributed by atoms with van der Waals surface area (Å²) >= 11 is 0. The first kappa shape index (κ1) is 32.4. The quantitative estimate of drug-likeness (QED) is 0.159. The van der Waals surface area contributed by atoms with Crippen LogP contribution in [0.3, 0.4) is 0 Å². The fourth-order valence-corrected chi connectivity index (χ4v) is 3.72. The average Bonchev–Trinajstić information content (AvgIpc) is 2.84. The molecule has 0 heterocycles. The first-order valence-corrected chi connectivity index (χ1v) is 12.6. The van der Waals surface area contributed by atoms with Crippen molar-refractivity contribution in [3.8, 4) is 5.75 Å². The monoisotopic (exact) mass is 536 g/mol. The van der Waals surface area contributed by atoms with E-state index in [1.54, 1.807) is 13.8 Å². The molecule has 0 aliphatic carbocycles. The van der Waals surface area contributed by atoms with Crippen LogP contribution in [0.2, 0.25) is 0 Å². The molecule has 1 rings (SSSR count). The number of rotatable bonds is 16. The lowest BCUT2D eigenvalue weighted by Crippen LogP contribution is -2.59. The molecule has 0 aliphatic heterocycles. The Morgan fingerprint density at radius 3 is 1.95 bits per heavy atom. The zero-order chi connectivity index (χ0) is 29.0. The van der Waals surface area contributed by atoms with Gasteiger partial charge in [0, 0.05) is 12.8 Å². The molecule has 1 aromatic carbocycles. The molecule has 8 N–H and O–H groups in total. The van der Waals surface area contributed by atoms with Crippen LogP contribution in [-0.4, -0.2) is 69.1 Å². The number of amides is 3. The van der Waals surface area contributed by atoms with E-state index < -0.39 is 66.2 Å². The zero-order valence-corrected chi connectivity index (χ0v) is 22.3. The minimum Gasteiger partial charge on any atom is -0.508 e. The van der Waals surface area contributed by atoms with Crippen molar-refractivity contribution in [2.45, 2.75) is 84.0 Å². The van der Waals surface area contributed by atoms with Crippen LogP contribution >= 0.6 is 0 Å². The second kappa shape index (κ2) is 15.6. The van der Waals surface area contributed by atoms with E-state index in [9.17, 15) is 34.2 Å². The number of aliphatic carboxylic acids is 2. The van der Waals surface area contributed by atoms with Gasteiger partial charge in [-0.25, -0.2) is 4.79 Å². The van der Waals surface area contributed by atoms with Crippen LogP contribution in [-0.2, 0) is 30.4 Å². The number of carboxylic acid groups (broad SMARTS) is 2. The zero-order valence-electron chi connectivity index (χ0n) is 22.3. The number of hydrogen-bond acceptors (Lipinski definition) is 7. The van der Waals surface area contributed by atoms with Crippen molar-refractivity contribution >= 4 is 29.7 Å². The summed E-state index contributed by atoms with van der Waals surface area (Å²) in [4.78, 5) is 61.8. The summed E-state index contributed by atoms with van der Waals surface area (Å²) < 4.78 is 0. The van der Waals surface area contributed by atoms with Crippen molar-refractivity contribution in [2.24, 2.45) is 17.6 Å². The van der Waals surface area contributed by atoms with Crippen LogP contribution in [0.4, 0.5) is 0 Å². The van der Waals surface area contributed by atoms with Crippen molar-refractivity contribution < 1.29 is 39.3 Å². The van der Waals surface area contributed by atoms with E-state index in [0.717, 1.165) is 0 Å². The van der Waals surface area contributed by atoms with Crippen molar-refractivity contribution in [1.29, 1.82) is 0 Å². The average molecular weight is 537 g/mol. The molecule has 0 radical (unpaired) electrons. The van der Waals surface area contributed by atoms with Crippen LogP contribution < -0.4 is 21.7 Å². The van der Waals surface area contributed by atoms with Gasteiger partial charge in [-0.2, -0.15) is 0 Å². The van der Waals surface area contributed by atoms with Crippen molar-refractivity contribution in [3.05, 3.63) is 29.8 Å². The van der Waals surface area contributed by atoms with Gasteiger partial charge in [0.15, 0.2) is 0 Å². The van der Waals surface area contributed by atoms with E-state index in [1.165, 1.54) is 24.3 Å². The molecule has 12 nitrogen and oxygen atoms in total. The summed E-state index contributed by atoms with van der Waals surface area (Å²) in [5, 5.41) is 35.7. The van der Waals surface area contributed by atoms with Crippen LogP contribution in [0, 0.1) is 11.8 Å². The Kier molecular flexibility index (Phi) is 13.2. The highest BCUT2D eigenvalue weighted by Gasteiger charge is 2.33. The maximum absolute atomic E-state index is 13.1. The van der Waals surface area contributed by atoms with Gasteiger partial charge in [0.05, 0.1) is 6.04 Å². The predicted molar refractivity (Wildman–Crippen MR) is 139 cm³/mol. The van der Waals surface area contributed by atoms with Crippen molar-refractivity contribution in [3.63, 3.8) is 0 Å². The largest absolute Gasteiger partial charge is 0.508 e. The Balaban J connectivity index is 3.06. The summed E-state index contributed by atoms with van der Waals surface area (Å²) in [7, 11) is 0. The fourth-order valence-electron chi connectivity index (χ4n) is 3.72. The van der Waals surface area contributed by atoms with E-state index in [0.29, 0.717) is 18.4 Å². The molecule has 5 unspecified atom stereocenters. The first-order valence-electron chi connectivity index (χ1n) is 12.6. The van der Waals surface area contributed by atoms with Crippen molar-refractivity contribution in [1.82, 2.24) is 16.0 Å². The van der Waals surface area contributed by atoms with Gasteiger partial charge in [0.2, 0.25) is 17.7 Å². The number of hydrogen-bond donors (Lipinski definition) is 7. The summed E-state index contributed by atoms with van der Waals surface area (Å²) in [6, 6.07) is 1.24. The smallest absolute Gasteiger partial charge is 0.326 e. The summed E-state index contributed by atoms with van der Waals surface area (Å²) in [6.07, 6.45) is 0.113. The summed E-state index contributed by atoms with van der Waals surface area (Å²) in [5.41, 5.74) is 6.47. The standard InChI is InChI=1S/C26H40N4O8/c1-5-15(4)22(25(36)29-20(26(37)38)13-16-6-8-17(31)9-7-16)30-24(35)19(10-11-21(32)33)28-23(34)18(27)12-14(2)3/h6-9,14-15,18-20,22,31H,5,10-13,27H2,1-4H3,(H,28,34)(H,29,36)(H,30,35)(H,32,33)(H,37,38). The van der Waals surface area contributed by atoms with Crippen LogP contribution in [0.25, 0.3) is 0 Å². The first-order chi connectivity index (χ1) is 17.7. The third-order valence-corrected chi connectivity index (χ3v) is 6.13. The predicted octanol–water partition coefficient (Wildman–Crippen LogP) is 0.758. The molecular formula is C26H40N4O8. The fraction of sp³-hybridized carbons (Fsp3) is 0.577. The molecular weight excluding hydrogens is 496 g/mol. The molecule has 0 aromatic heterocycles. The summed E-state index contributed by atoms with van der Waals surface area (Å²) in [5.74, 6) is -4.87. The van der Waals surface area contributed by atoms with Gasteiger partial charge >= 0.3 is 11.9 Å². The van der Waals surface area contributed by atoms with Crippen LogP contribution in [0.5, 0.6) is 5.75 Å². The number of nitrogens with two attached hydrogens (primary N) is 1. The second-order valence-electron chi connectivity index (χ2n) is 9.87. The van der Waals surface area contributed by atoms with E-state index in [-0.39, 0.29) is 24.5 Å². The molecule has 0 fully saturated rings. The lowest BCUT2D eigenvalue weighted by molar-refractivity contribution is -0.142. The Morgan fingerprint density at radius 1 is 0.868 bits per heavy atom. The minimum absolute atomic E-state index is 0.0129. The molecule has 38 heavy (non-hydrogen) atoms. The molecule has 0 bridgehead atoms. The topological polar surface area (TPSA) is 208 Å². The summed E-state index contributed by atoms with van der Waals surface area (Å²) in [6.45, 7) is 7.24. The maximum Gasteiger partial charge on any atom is 0.326 e. The number of carbonyl (C=O) groups is 5. The normalized spacial score (nSPS) is 15.0. The second-order valence-corrected chi connectivity index (χ2v) is 9.87. The molecule has 212 valence electrons. The maximum atomic E-state index is 13.1. The van der Waals surface area contributed by atoms with Crippen LogP contribution in [0.1, 0.15) is 58.9 Å². The van der Waals surface area contributed by atoms with E-state index >= 15 is 0 Å². The van der Waals surface area contributed by atoms with Gasteiger partial charge in [-0.1, -0.05) is 46.2 Å². The third-order valence-electron chi connectivity index (χ3n) is 6.13. The van der Waals surface area contributed by atoms with E-state index in [2.05, 4.69) is 16.0 Å². The molecule has 1 aromatic rings. The van der Waals surface area contributed by atoms with Crippen LogP contribution in [0.15, 0.2) is 24.3 Å². The van der Waals surface area contributed by atoms with Gasteiger partial charge in [-0.3, -0.25) is 19.2 Å². The SMILES string of the molecule is CCC(C)C(NC(=O)C(CCC(=O)O)NC(=O)C(N)CC(C)C)C(=O)NC(Cc1ccc(O)cc1)C(=O)O. The molecule has 5 atom stereocenters. The number of nitrogens with one attached hydrogen (secondary N) is 3. The number of phenolic OH excluding ortho intramolecular Hbond substituents is 1. The Labute approximate surface area is 222 Å². The number of carboxylic acids is 2. The molecule has 0 spiro atoms. The lowest BCUT2D eigenvalue weighted by atomic mass is 9.96. The molecule has 0 aliphatic rings. The highest BCUT2D eigenvalue weighted by molar-refractivity contribution is 5.94. The molecule has 0 saturated heterocycles. The Bertz CT molecular complexity index is 966.